The Bertz CT molecular complexity index is 649. The van der Waals surface area contributed by atoms with E-state index in [0.717, 1.165) is 6.92 Å². The molecule has 2 amide bonds. The zero-order valence-corrected chi connectivity index (χ0v) is 15.3. The number of carbonyl (C=O) groups is 2. The highest BCUT2D eigenvalue weighted by atomic mass is 35.5. The maximum atomic E-state index is 12.3. The maximum Gasteiger partial charge on any atom is 0.414 e. The van der Waals surface area contributed by atoms with Gasteiger partial charge in [-0.1, -0.05) is 11.6 Å². The maximum absolute atomic E-state index is 12.3. The van der Waals surface area contributed by atoms with Crippen LogP contribution in [0.2, 0.25) is 5.02 Å². The minimum absolute atomic E-state index is 0.119. The van der Waals surface area contributed by atoms with Crippen LogP contribution in [0.4, 0.5) is 13.2 Å². The van der Waals surface area contributed by atoms with Crippen molar-refractivity contribution >= 4 is 23.4 Å². The molecule has 0 aliphatic heterocycles. The molecule has 0 saturated heterocycles. The first-order chi connectivity index (χ1) is 12.6. The molecule has 0 bridgehead atoms. The van der Waals surface area contributed by atoms with Gasteiger partial charge in [0.25, 0.3) is 5.91 Å². The number of rotatable bonds is 8. The Labute approximate surface area is 159 Å². The van der Waals surface area contributed by atoms with Crippen molar-refractivity contribution in [3.63, 3.8) is 0 Å². The minimum Gasteiger partial charge on any atom is -0.484 e. The van der Waals surface area contributed by atoms with Gasteiger partial charge in [-0.25, -0.2) is 0 Å². The monoisotopic (exact) mass is 408 g/mol. The van der Waals surface area contributed by atoms with Gasteiger partial charge in [-0.2, -0.15) is 13.2 Å². The van der Waals surface area contributed by atoms with Crippen molar-refractivity contribution < 1.29 is 32.2 Å². The summed E-state index contributed by atoms with van der Waals surface area (Å²) in [7, 11) is 0. The molecule has 0 radical (unpaired) electrons. The van der Waals surface area contributed by atoms with Gasteiger partial charge in [-0.05, 0) is 44.0 Å². The Morgan fingerprint density at radius 3 is 2.15 bits per heavy atom. The fraction of sp³-hybridized carbons (Fsp3) is 0.529. The van der Waals surface area contributed by atoms with Gasteiger partial charge in [0.15, 0.2) is 12.7 Å². The summed E-state index contributed by atoms with van der Waals surface area (Å²) in [6.45, 7) is 0.0236. The SMILES string of the molecule is CC(OCC(=O)NC1CC(NC(=O)COc2ccc(Cl)cc2)C1)C(F)(F)F. The third-order valence-corrected chi connectivity index (χ3v) is 4.23. The minimum atomic E-state index is -4.50. The number of hydrogen-bond acceptors (Lipinski definition) is 4. The Morgan fingerprint density at radius 2 is 1.63 bits per heavy atom. The van der Waals surface area contributed by atoms with E-state index in [1.54, 1.807) is 24.3 Å². The highest BCUT2D eigenvalue weighted by molar-refractivity contribution is 6.30. The molecule has 0 spiro atoms. The van der Waals surface area contributed by atoms with Crippen molar-refractivity contribution in [1.82, 2.24) is 10.6 Å². The molecule has 2 N–H and O–H groups in total. The molecule has 2 rings (SSSR count). The summed E-state index contributed by atoms with van der Waals surface area (Å²) in [4.78, 5) is 23.4. The first-order valence-electron chi connectivity index (χ1n) is 8.29. The van der Waals surface area contributed by atoms with Gasteiger partial charge in [0.05, 0.1) is 0 Å². The normalized spacial score (nSPS) is 20.3. The molecule has 1 atom stereocenters. The van der Waals surface area contributed by atoms with E-state index in [0.29, 0.717) is 23.6 Å². The van der Waals surface area contributed by atoms with Crippen molar-refractivity contribution in [3.8, 4) is 5.75 Å². The first kappa shape index (κ1) is 21.3. The summed E-state index contributed by atoms with van der Waals surface area (Å²) in [5, 5.41) is 5.88. The van der Waals surface area contributed by atoms with Crippen LogP contribution in [0.1, 0.15) is 19.8 Å². The van der Waals surface area contributed by atoms with E-state index < -0.39 is 24.8 Å². The number of benzene rings is 1. The van der Waals surface area contributed by atoms with E-state index in [9.17, 15) is 22.8 Å². The van der Waals surface area contributed by atoms with Crippen LogP contribution in [-0.4, -0.2) is 49.4 Å². The first-order valence-corrected chi connectivity index (χ1v) is 8.66. The summed E-state index contributed by atoms with van der Waals surface area (Å²) in [5.74, 6) is -0.407. The van der Waals surface area contributed by atoms with Crippen molar-refractivity contribution in [3.05, 3.63) is 29.3 Å². The Kier molecular flexibility index (Phi) is 7.32. The highest BCUT2D eigenvalue weighted by Gasteiger charge is 2.37. The Hall–Kier alpha value is -2.00. The largest absolute Gasteiger partial charge is 0.484 e. The van der Waals surface area contributed by atoms with Crippen LogP contribution in [0.3, 0.4) is 0 Å². The fourth-order valence-corrected chi connectivity index (χ4v) is 2.49. The van der Waals surface area contributed by atoms with Crippen LogP contribution in [0.5, 0.6) is 5.75 Å². The average Bonchev–Trinajstić information content (AvgIpc) is 2.56. The summed E-state index contributed by atoms with van der Waals surface area (Å²) >= 11 is 5.75. The molecule has 1 aliphatic carbocycles. The second-order valence-electron chi connectivity index (χ2n) is 6.24. The second-order valence-corrected chi connectivity index (χ2v) is 6.67. The number of halogens is 4. The molecule has 1 aromatic rings. The lowest BCUT2D eigenvalue weighted by Crippen LogP contribution is -2.55. The third-order valence-electron chi connectivity index (χ3n) is 3.98. The quantitative estimate of drug-likeness (QED) is 0.692. The number of ether oxygens (including phenoxy) is 2. The number of carbonyl (C=O) groups excluding carboxylic acids is 2. The van der Waals surface area contributed by atoms with Crippen LogP contribution in [0, 0.1) is 0 Å². The molecule has 6 nitrogen and oxygen atoms in total. The number of hydrogen-bond donors (Lipinski definition) is 2. The number of nitrogens with one attached hydrogen (secondary N) is 2. The molecule has 1 aromatic carbocycles. The molecule has 1 saturated carbocycles. The zero-order valence-electron chi connectivity index (χ0n) is 14.5. The zero-order chi connectivity index (χ0) is 20.0. The molecule has 0 heterocycles. The third kappa shape index (κ3) is 7.26. The number of alkyl halides is 3. The summed E-state index contributed by atoms with van der Waals surface area (Å²) < 4.78 is 46.7. The van der Waals surface area contributed by atoms with Crippen LogP contribution >= 0.6 is 11.6 Å². The van der Waals surface area contributed by atoms with E-state index in [-0.39, 0.29) is 24.6 Å². The molecule has 150 valence electrons. The van der Waals surface area contributed by atoms with E-state index in [2.05, 4.69) is 15.4 Å². The van der Waals surface area contributed by atoms with Crippen LogP contribution in [0.15, 0.2) is 24.3 Å². The van der Waals surface area contributed by atoms with E-state index >= 15 is 0 Å². The van der Waals surface area contributed by atoms with Crippen LogP contribution < -0.4 is 15.4 Å². The molecule has 1 fully saturated rings. The van der Waals surface area contributed by atoms with Gasteiger partial charge in [0.1, 0.15) is 12.4 Å². The van der Waals surface area contributed by atoms with Crippen LogP contribution in [0.25, 0.3) is 0 Å². The van der Waals surface area contributed by atoms with E-state index in [1.807, 2.05) is 0 Å². The molecule has 1 aliphatic rings. The summed E-state index contributed by atoms with van der Waals surface area (Å²) in [5.41, 5.74) is 0. The van der Waals surface area contributed by atoms with E-state index in [4.69, 9.17) is 16.3 Å². The van der Waals surface area contributed by atoms with Gasteiger partial charge in [0, 0.05) is 17.1 Å². The molecular formula is C17H20ClF3N2O4. The molecular weight excluding hydrogens is 389 g/mol. The lowest BCUT2D eigenvalue weighted by molar-refractivity contribution is -0.213. The van der Waals surface area contributed by atoms with E-state index in [1.165, 1.54) is 0 Å². The molecule has 1 unspecified atom stereocenters. The van der Waals surface area contributed by atoms with Crippen LogP contribution in [-0.2, 0) is 14.3 Å². The van der Waals surface area contributed by atoms with Gasteiger partial charge in [-0.15, -0.1) is 0 Å². The van der Waals surface area contributed by atoms with Gasteiger partial charge in [-0.3, -0.25) is 9.59 Å². The fourth-order valence-electron chi connectivity index (χ4n) is 2.37. The van der Waals surface area contributed by atoms with Crippen molar-refractivity contribution in [1.29, 1.82) is 0 Å². The predicted molar refractivity (Wildman–Crippen MR) is 91.5 cm³/mol. The van der Waals surface area contributed by atoms with Crippen molar-refractivity contribution in [2.45, 2.75) is 44.1 Å². The molecule has 27 heavy (non-hydrogen) atoms. The highest BCUT2D eigenvalue weighted by Crippen LogP contribution is 2.23. The lowest BCUT2D eigenvalue weighted by atomic mass is 9.86. The lowest BCUT2D eigenvalue weighted by Gasteiger charge is -2.36. The predicted octanol–water partition coefficient (Wildman–Crippen LogP) is 2.45. The summed E-state index contributed by atoms with van der Waals surface area (Å²) in [6.07, 6.45) is -5.52. The van der Waals surface area contributed by atoms with Gasteiger partial charge < -0.3 is 20.1 Å². The molecule has 10 heteroatoms. The summed E-state index contributed by atoms with van der Waals surface area (Å²) in [6, 6.07) is 6.26. The molecule has 0 aromatic heterocycles. The smallest absolute Gasteiger partial charge is 0.414 e. The van der Waals surface area contributed by atoms with Crippen molar-refractivity contribution in [2.24, 2.45) is 0 Å². The standard InChI is InChI=1S/C17H20ClF3N2O4/c1-10(17(19,20)21)26-8-15(24)22-12-6-13(7-12)23-16(25)9-27-14-4-2-11(18)3-5-14/h2-5,10,12-13H,6-9H2,1H3,(H,22,24)(H,23,25). The van der Waals surface area contributed by atoms with Gasteiger partial charge >= 0.3 is 6.18 Å². The Balaban J connectivity index is 1.58. The van der Waals surface area contributed by atoms with Crippen molar-refractivity contribution in [2.75, 3.05) is 13.2 Å². The topological polar surface area (TPSA) is 76.7 Å². The average molecular weight is 409 g/mol. The van der Waals surface area contributed by atoms with Gasteiger partial charge in [0.2, 0.25) is 5.91 Å². The number of amides is 2. The Morgan fingerprint density at radius 1 is 1.11 bits per heavy atom. The second kappa shape index (κ2) is 9.27.